The largest absolute Gasteiger partial charge is 0.393 e. The molecule has 1 aliphatic carbocycles. The molecule has 5 rings (SSSR count). The zero-order valence-corrected chi connectivity index (χ0v) is 20.0. The van der Waals surface area contributed by atoms with Gasteiger partial charge in [-0.25, -0.2) is 4.52 Å². The fourth-order valence-corrected chi connectivity index (χ4v) is 6.04. The van der Waals surface area contributed by atoms with Crippen LogP contribution < -0.4 is 5.56 Å². The summed E-state index contributed by atoms with van der Waals surface area (Å²) in [5, 5.41) is 23.9. The third kappa shape index (κ3) is 4.06. The Morgan fingerprint density at radius 3 is 2.74 bits per heavy atom. The summed E-state index contributed by atoms with van der Waals surface area (Å²) in [5.41, 5.74) is 3.23. The van der Waals surface area contributed by atoms with Crippen LogP contribution in [0.4, 0.5) is 0 Å². The number of benzene rings is 1. The molecule has 0 unspecified atom stereocenters. The summed E-state index contributed by atoms with van der Waals surface area (Å²) in [6, 6.07) is 14.0. The first-order valence-corrected chi connectivity index (χ1v) is 12.6. The summed E-state index contributed by atoms with van der Waals surface area (Å²) in [6.45, 7) is 2.10. The van der Waals surface area contributed by atoms with Crippen LogP contribution in [0.5, 0.6) is 0 Å². The maximum absolute atomic E-state index is 13.9. The van der Waals surface area contributed by atoms with Crippen LogP contribution in [0.2, 0.25) is 0 Å². The molecule has 34 heavy (non-hydrogen) atoms. The van der Waals surface area contributed by atoms with Crippen molar-refractivity contribution in [3.8, 4) is 16.5 Å². The van der Waals surface area contributed by atoms with Gasteiger partial charge in [0, 0.05) is 33.3 Å². The van der Waals surface area contributed by atoms with Crippen LogP contribution in [-0.2, 0) is 12.8 Å². The van der Waals surface area contributed by atoms with Gasteiger partial charge in [-0.05, 0) is 50.3 Å². The lowest BCUT2D eigenvalue weighted by atomic mass is 9.92. The van der Waals surface area contributed by atoms with Gasteiger partial charge in [-0.15, -0.1) is 11.3 Å². The number of nitrogens with zero attached hydrogens (tertiary/aromatic N) is 5. The van der Waals surface area contributed by atoms with E-state index in [1.165, 1.54) is 6.33 Å². The molecule has 1 fully saturated rings. The Morgan fingerprint density at radius 1 is 1.18 bits per heavy atom. The lowest BCUT2D eigenvalue weighted by Crippen LogP contribution is -2.34. The molecule has 1 aliphatic rings. The number of hydrogen-bond donors (Lipinski definition) is 1. The van der Waals surface area contributed by atoms with E-state index < -0.39 is 0 Å². The van der Waals surface area contributed by atoms with Crippen LogP contribution in [-0.4, -0.2) is 30.4 Å². The van der Waals surface area contributed by atoms with E-state index in [0.29, 0.717) is 30.6 Å². The summed E-state index contributed by atoms with van der Waals surface area (Å²) in [4.78, 5) is 20.5. The number of fused-ring (bicyclic) bond motifs is 1. The number of nitriles is 1. The van der Waals surface area contributed by atoms with Crippen LogP contribution in [0.25, 0.3) is 16.2 Å². The van der Waals surface area contributed by atoms with Gasteiger partial charge in [-0.3, -0.25) is 9.36 Å². The first-order valence-electron chi connectivity index (χ1n) is 11.8. The van der Waals surface area contributed by atoms with Crippen molar-refractivity contribution in [2.75, 3.05) is 0 Å². The Balaban J connectivity index is 1.59. The number of hydrogen-bond acceptors (Lipinski definition) is 6. The monoisotopic (exact) mass is 473 g/mol. The molecule has 4 aromatic rings. The minimum absolute atomic E-state index is 0.00212. The molecule has 0 radical (unpaired) electrons. The van der Waals surface area contributed by atoms with Gasteiger partial charge in [-0.2, -0.15) is 15.3 Å². The normalized spacial score (nSPS) is 18.3. The van der Waals surface area contributed by atoms with Gasteiger partial charge in [0.15, 0.2) is 0 Å². The van der Waals surface area contributed by atoms with Crippen molar-refractivity contribution in [1.82, 2.24) is 19.2 Å². The summed E-state index contributed by atoms with van der Waals surface area (Å²) >= 11 is 1.62. The first kappa shape index (κ1) is 22.5. The molecule has 8 heteroatoms. The molecule has 0 spiro atoms. The van der Waals surface area contributed by atoms with Gasteiger partial charge in [0.1, 0.15) is 6.33 Å². The van der Waals surface area contributed by atoms with Crippen molar-refractivity contribution in [1.29, 1.82) is 5.26 Å². The Morgan fingerprint density at radius 2 is 1.97 bits per heavy atom. The van der Waals surface area contributed by atoms with E-state index in [1.807, 2.05) is 39.4 Å². The van der Waals surface area contributed by atoms with E-state index in [-0.39, 0.29) is 17.7 Å². The third-order valence-electron chi connectivity index (χ3n) is 6.67. The summed E-state index contributed by atoms with van der Waals surface area (Å²) < 4.78 is 3.65. The second-order valence-corrected chi connectivity index (χ2v) is 10.1. The Bertz CT molecular complexity index is 1420. The smallest absolute Gasteiger partial charge is 0.259 e. The van der Waals surface area contributed by atoms with Crippen molar-refractivity contribution in [2.24, 2.45) is 0 Å². The Kier molecular flexibility index (Phi) is 6.31. The standard InChI is InChI=1S/C26H27N5O2S/c1-2-5-23-22(14-20-12-13-24(34-20)21-7-4-3-6-17(21)15-27)25(33)30(26-28-16-29-31(23)26)18-8-10-19(32)11-9-18/h3-4,6-7,12-13,16,18-19,32H,2,5,8-11,14H2,1H3. The fraction of sp³-hybridized carbons (Fsp3) is 0.385. The quantitative estimate of drug-likeness (QED) is 0.444. The number of aromatic nitrogens is 4. The molecule has 0 atom stereocenters. The summed E-state index contributed by atoms with van der Waals surface area (Å²) in [5.74, 6) is 0.591. The van der Waals surface area contributed by atoms with E-state index >= 15 is 0 Å². The molecule has 0 bridgehead atoms. The second-order valence-electron chi connectivity index (χ2n) is 8.88. The van der Waals surface area contributed by atoms with Gasteiger partial charge < -0.3 is 5.11 Å². The van der Waals surface area contributed by atoms with Crippen molar-refractivity contribution in [3.05, 3.63) is 74.8 Å². The highest BCUT2D eigenvalue weighted by Crippen LogP contribution is 2.33. The molecular formula is C26H27N5O2S. The van der Waals surface area contributed by atoms with Gasteiger partial charge in [0.25, 0.3) is 5.56 Å². The number of rotatable bonds is 6. The number of thiophene rings is 1. The van der Waals surface area contributed by atoms with Gasteiger partial charge in [0.05, 0.1) is 23.4 Å². The molecule has 1 N–H and O–H groups in total. The van der Waals surface area contributed by atoms with Gasteiger partial charge in [-0.1, -0.05) is 31.5 Å². The highest BCUT2D eigenvalue weighted by atomic mass is 32.1. The van der Waals surface area contributed by atoms with E-state index in [2.05, 4.69) is 29.1 Å². The molecule has 1 aromatic carbocycles. The lowest BCUT2D eigenvalue weighted by molar-refractivity contribution is 0.110. The molecule has 0 aliphatic heterocycles. The maximum Gasteiger partial charge on any atom is 0.259 e. The minimum atomic E-state index is -0.291. The number of aliphatic hydroxyl groups excluding tert-OH is 1. The van der Waals surface area contributed by atoms with Crippen LogP contribution in [0.3, 0.4) is 0 Å². The van der Waals surface area contributed by atoms with Crippen LogP contribution in [0, 0.1) is 11.3 Å². The van der Waals surface area contributed by atoms with Crippen molar-refractivity contribution < 1.29 is 5.11 Å². The van der Waals surface area contributed by atoms with Crippen LogP contribution in [0.1, 0.15) is 66.8 Å². The fourth-order valence-electron chi connectivity index (χ4n) is 4.98. The van der Waals surface area contributed by atoms with E-state index in [1.54, 1.807) is 11.3 Å². The molecule has 1 saturated carbocycles. The highest BCUT2D eigenvalue weighted by Gasteiger charge is 2.27. The van der Waals surface area contributed by atoms with Crippen LogP contribution >= 0.6 is 11.3 Å². The van der Waals surface area contributed by atoms with Gasteiger partial charge >= 0.3 is 0 Å². The van der Waals surface area contributed by atoms with Crippen molar-refractivity contribution in [2.45, 2.75) is 64.0 Å². The number of aryl methyl sites for hydroxylation is 1. The summed E-state index contributed by atoms with van der Waals surface area (Å²) in [6.07, 6.45) is 6.27. The molecular weight excluding hydrogens is 446 g/mol. The minimum Gasteiger partial charge on any atom is -0.393 e. The molecule has 0 amide bonds. The lowest BCUT2D eigenvalue weighted by Gasteiger charge is -2.28. The first-order chi connectivity index (χ1) is 16.6. The van der Waals surface area contributed by atoms with Gasteiger partial charge in [0.2, 0.25) is 5.78 Å². The average molecular weight is 474 g/mol. The topological polar surface area (TPSA) is 96.2 Å². The van der Waals surface area contributed by atoms with E-state index in [4.69, 9.17) is 0 Å². The number of aliphatic hydroxyl groups is 1. The predicted octanol–water partition coefficient (Wildman–Crippen LogP) is 4.51. The molecule has 0 saturated heterocycles. The highest BCUT2D eigenvalue weighted by molar-refractivity contribution is 7.15. The molecule has 3 aromatic heterocycles. The Labute approximate surface area is 201 Å². The van der Waals surface area contributed by atoms with E-state index in [9.17, 15) is 15.2 Å². The van der Waals surface area contributed by atoms with Crippen LogP contribution in [0.15, 0.2) is 47.5 Å². The van der Waals surface area contributed by atoms with Crippen molar-refractivity contribution >= 4 is 17.1 Å². The van der Waals surface area contributed by atoms with Crippen molar-refractivity contribution in [3.63, 3.8) is 0 Å². The second kappa shape index (κ2) is 9.53. The molecule has 174 valence electrons. The average Bonchev–Trinajstić information content (AvgIpc) is 3.52. The zero-order chi connectivity index (χ0) is 23.7. The SMILES string of the molecule is CCCc1c(Cc2ccc(-c3ccccc3C#N)s2)c(=O)n(C2CCC(O)CC2)c2ncnn12. The predicted molar refractivity (Wildman–Crippen MR) is 132 cm³/mol. The Hall–Kier alpha value is -3.28. The van der Waals surface area contributed by atoms with E-state index in [0.717, 1.165) is 52.3 Å². The maximum atomic E-state index is 13.9. The summed E-state index contributed by atoms with van der Waals surface area (Å²) in [7, 11) is 0. The zero-order valence-electron chi connectivity index (χ0n) is 19.1. The third-order valence-corrected chi connectivity index (χ3v) is 7.79. The molecule has 7 nitrogen and oxygen atoms in total. The molecule has 3 heterocycles.